The van der Waals surface area contributed by atoms with Crippen LogP contribution in [0.15, 0.2) is 34.9 Å². The van der Waals surface area contributed by atoms with E-state index < -0.39 is 0 Å². The van der Waals surface area contributed by atoms with Gasteiger partial charge in [-0.1, -0.05) is 24.2 Å². The predicted molar refractivity (Wildman–Crippen MR) is 80.0 cm³/mol. The monoisotopic (exact) mass is 290 g/mol. The van der Waals surface area contributed by atoms with Crippen LogP contribution in [0.1, 0.15) is 30.4 Å². The zero-order chi connectivity index (χ0) is 15.1. The fraction of sp³-hybridized carbons (Fsp3) is 0.438. The molecule has 0 aliphatic heterocycles. The van der Waals surface area contributed by atoms with Crippen molar-refractivity contribution in [3.05, 3.63) is 47.3 Å². The first-order chi connectivity index (χ1) is 10.2. The molecule has 0 aliphatic rings. The molecule has 1 aromatic heterocycles. The van der Waals surface area contributed by atoms with Gasteiger partial charge in [0, 0.05) is 19.2 Å². The summed E-state index contributed by atoms with van der Waals surface area (Å²) in [6, 6.07) is 10.0. The van der Waals surface area contributed by atoms with Gasteiger partial charge in [-0.25, -0.2) is 0 Å². The first-order valence-electron chi connectivity index (χ1n) is 7.12. The van der Waals surface area contributed by atoms with Crippen molar-refractivity contribution < 1.29 is 14.0 Å². The van der Waals surface area contributed by atoms with Crippen molar-refractivity contribution in [2.24, 2.45) is 5.73 Å². The molecule has 1 unspecified atom stereocenters. The molecule has 0 amide bonds. The fourth-order valence-electron chi connectivity index (χ4n) is 2.00. The van der Waals surface area contributed by atoms with E-state index in [-0.39, 0.29) is 6.04 Å². The number of hydrogen-bond donors (Lipinski definition) is 1. The molecule has 2 rings (SSSR count). The van der Waals surface area contributed by atoms with Crippen LogP contribution >= 0.6 is 0 Å². The SMILES string of the molecule is CCC(N)Cc1cccc(OCc2cc(COC)on2)c1. The summed E-state index contributed by atoms with van der Waals surface area (Å²) in [4.78, 5) is 0. The third-order valence-electron chi connectivity index (χ3n) is 3.20. The van der Waals surface area contributed by atoms with Crippen molar-refractivity contribution in [1.29, 1.82) is 0 Å². The van der Waals surface area contributed by atoms with Gasteiger partial charge in [-0.05, 0) is 30.5 Å². The molecule has 1 atom stereocenters. The largest absolute Gasteiger partial charge is 0.487 e. The summed E-state index contributed by atoms with van der Waals surface area (Å²) < 4.78 is 15.8. The maximum Gasteiger partial charge on any atom is 0.162 e. The molecule has 0 radical (unpaired) electrons. The average molecular weight is 290 g/mol. The van der Waals surface area contributed by atoms with Crippen LogP contribution in [0.3, 0.4) is 0 Å². The lowest BCUT2D eigenvalue weighted by Crippen LogP contribution is -2.21. The van der Waals surface area contributed by atoms with E-state index in [1.165, 1.54) is 5.56 Å². The summed E-state index contributed by atoms with van der Waals surface area (Å²) in [6.45, 7) is 2.88. The van der Waals surface area contributed by atoms with Gasteiger partial charge in [-0.15, -0.1) is 0 Å². The standard InChI is InChI=1S/C16H22N2O3/c1-3-13(17)7-12-5-4-6-15(8-12)20-10-14-9-16(11-19-2)21-18-14/h4-6,8-9,13H,3,7,10-11,17H2,1-2H3. The van der Waals surface area contributed by atoms with Gasteiger partial charge in [0.05, 0.1) is 0 Å². The highest BCUT2D eigenvalue weighted by molar-refractivity contribution is 5.29. The van der Waals surface area contributed by atoms with E-state index in [0.717, 1.165) is 24.3 Å². The molecule has 1 aromatic carbocycles. The van der Waals surface area contributed by atoms with E-state index in [1.807, 2.05) is 24.3 Å². The number of hydrogen-bond acceptors (Lipinski definition) is 5. The van der Waals surface area contributed by atoms with E-state index in [4.69, 9.17) is 19.7 Å². The molecule has 1 heterocycles. The Morgan fingerprint density at radius 3 is 2.90 bits per heavy atom. The van der Waals surface area contributed by atoms with Gasteiger partial charge >= 0.3 is 0 Å². The minimum absolute atomic E-state index is 0.187. The third kappa shape index (κ3) is 4.88. The van der Waals surface area contributed by atoms with E-state index in [0.29, 0.717) is 19.0 Å². The quantitative estimate of drug-likeness (QED) is 0.809. The van der Waals surface area contributed by atoms with Crippen molar-refractivity contribution in [1.82, 2.24) is 5.16 Å². The van der Waals surface area contributed by atoms with Crippen LogP contribution in [0.2, 0.25) is 0 Å². The maximum absolute atomic E-state index is 5.98. The summed E-state index contributed by atoms with van der Waals surface area (Å²) in [5.41, 5.74) is 7.91. The van der Waals surface area contributed by atoms with E-state index in [2.05, 4.69) is 18.1 Å². The Morgan fingerprint density at radius 2 is 2.14 bits per heavy atom. The summed E-state index contributed by atoms with van der Waals surface area (Å²) in [6.07, 6.45) is 1.82. The molecule has 0 saturated carbocycles. The molecule has 0 saturated heterocycles. The van der Waals surface area contributed by atoms with E-state index in [1.54, 1.807) is 7.11 Å². The van der Waals surface area contributed by atoms with Crippen LogP contribution in [-0.2, 0) is 24.4 Å². The second kappa shape index (κ2) is 7.81. The lowest BCUT2D eigenvalue weighted by atomic mass is 10.0. The Labute approximate surface area is 125 Å². The molecular formula is C16H22N2O3. The van der Waals surface area contributed by atoms with Crippen LogP contribution in [0.5, 0.6) is 5.75 Å². The topological polar surface area (TPSA) is 70.5 Å². The van der Waals surface area contributed by atoms with Crippen molar-refractivity contribution in [2.75, 3.05) is 7.11 Å². The predicted octanol–water partition coefficient (Wildman–Crippen LogP) is 2.68. The molecule has 5 heteroatoms. The van der Waals surface area contributed by atoms with Crippen LogP contribution < -0.4 is 10.5 Å². The van der Waals surface area contributed by atoms with Crippen LogP contribution in [0.4, 0.5) is 0 Å². The molecule has 114 valence electrons. The smallest absolute Gasteiger partial charge is 0.162 e. The van der Waals surface area contributed by atoms with Crippen molar-refractivity contribution in [3.8, 4) is 5.75 Å². The molecule has 0 fully saturated rings. The Hall–Kier alpha value is -1.85. The molecule has 2 N–H and O–H groups in total. The number of aromatic nitrogens is 1. The van der Waals surface area contributed by atoms with Crippen molar-refractivity contribution in [2.45, 2.75) is 39.0 Å². The number of nitrogens with two attached hydrogens (primary N) is 1. The summed E-state index contributed by atoms with van der Waals surface area (Å²) >= 11 is 0. The number of benzene rings is 1. The molecule has 0 spiro atoms. The summed E-state index contributed by atoms with van der Waals surface area (Å²) in [7, 11) is 1.62. The Balaban J connectivity index is 1.91. The number of rotatable bonds is 8. The first kappa shape index (κ1) is 15.5. The lowest BCUT2D eigenvalue weighted by molar-refractivity contribution is 0.155. The van der Waals surface area contributed by atoms with Gasteiger partial charge in [-0.3, -0.25) is 0 Å². The van der Waals surface area contributed by atoms with Gasteiger partial charge in [-0.2, -0.15) is 0 Å². The highest BCUT2D eigenvalue weighted by atomic mass is 16.5. The molecule has 2 aromatic rings. The summed E-state index contributed by atoms with van der Waals surface area (Å²) in [5.74, 6) is 1.51. The van der Waals surface area contributed by atoms with Gasteiger partial charge < -0.3 is 19.7 Å². The molecule has 0 bridgehead atoms. The zero-order valence-electron chi connectivity index (χ0n) is 12.5. The van der Waals surface area contributed by atoms with Gasteiger partial charge in [0.15, 0.2) is 5.76 Å². The fourth-order valence-corrected chi connectivity index (χ4v) is 2.00. The maximum atomic E-state index is 5.98. The average Bonchev–Trinajstić information content (AvgIpc) is 2.93. The van der Waals surface area contributed by atoms with Gasteiger partial charge in [0.1, 0.15) is 24.7 Å². The lowest BCUT2D eigenvalue weighted by Gasteiger charge is -2.10. The summed E-state index contributed by atoms with van der Waals surface area (Å²) in [5, 5.41) is 3.93. The Morgan fingerprint density at radius 1 is 1.29 bits per heavy atom. The van der Waals surface area contributed by atoms with E-state index >= 15 is 0 Å². The van der Waals surface area contributed by atoms with Crippen LogP contribution in [0, 0.1) is 0 Å². The number of methoxy groups -OCH3 is 1. The van der Waals surface area contributed by atoms with Gasteiger partial charge in [0.25, 0.3) is 0 Å². The number of nitrogens with zero attached hydrogens (tertiary/aromatic N) is 1. The minimum Gasteiger partial charge on any atom is -0.487 e. The van der Waals surface area contributed by atoms with E-state index in [9.17, 15) is 0 Å². The number of ether oxygens (including phenoxy) is 2. The Bertz CT molecular complexity index is 554. The minimum atomic E-state index is 0.187. The molecule has 21 heavy (non-hydrogen) atoms. The zero-order valence-corrected chi connectivity index (χ0v) is 12.5. The van der Waals surface area contributed by atoms with Crippen LogP contribution in [0.25, 0.3) is 0 Å². The first-order valence-corrected chi connectivity index (χ1v) is 7.12. The second-order valence-electron chi connectivity index (χ2n) is 5.03. The van der Waals surface area contributed by atoms with Crippen molar-refractivity contribution in [3.63, 3.8) is 0 Å². The van der Waals surface area contributed by atoms with Crippen LogP contribution in [-0.4, -0.2) is 18.3 Å². The highest BCUT2D eigenvalue weighted by Gasteiger charge is 2.06. The third-order valence-corrected chi connectivity index (χ3v) is 3.20. The molecular weight excluding hydrogens is 268 g/mol. The highest BCUT2D eigenvalue weighted by Crippen LogP contribution is 2.17. The molecule has 5 nitrogen and oxygen atoms in total. The normalized spacial score (nSPS) is 12.3. The van der Waals surface area contributed by atoms with Gasteiger partial charge in [0.2, 0.25) is 0 Å². The Kier molecular flexibility index (Phi) is 5.78. The molecule has 0 aliphatic carbocycles. The van der Waals surface area contributed by atoms with Crippen molar-refractivity contribution >= 4 is 0 Å². The second-order valence-corrected chi connectivity index (χ2v) is 5.03.